The Hall–Kier alpha value is -2.54. The first-order valence-corrected chi connectivity index (χ1v) is 8.33. The van der Waals surface area contributed by atoms with Crippen molar-refractivity contribution in [3.05, 3.63) is 35.2 Å². The van der Waals surface area contributed by atoms with E-state index >= 15 is 0 Å². The molecular formula is C18H24N4O3. The summed E-state index contributed by atoms with van der Waals surface area (Å²) in [5, 5.41) is 12.1. The summed E-state index contributed by atoms with van der Waals surface area (Å²) in [5.41, 5.74) is 2.49. The molecule has 0 saturated heterocycles. The smallest absolute Gasteiger partial charge is 0.161 e. The number of anilines is 2. The summed E-state index contributed by atoms with van der Waals surface area (Å²) in [6, 6.07) is 6.03. The van der Waals surface area contributed by atoms with E-state index in [9.17, 15) is 0 Å². The third-order valence-corrected chi connectivity index (χ3v) is 4.28. The summed E-state index contributed by atoms with van der Waals surface area (Å²) in [6.07, 6.45) is 0.915. The van der Waals surface area contributed by atoms with Gasteiger partial charge in [0, 0.05) is 25.7 Å². The predicted molar refractivity (Wildman–Crippen MR) is 96.6 cm³/mol. The van der Waals surface area contributed by atoms with E-state index in [2.05, 4.69) is 26.3 Å². The van der Waals surface area contributed by atoms with Crippen LogP contribution in [0.25, 0.3) is 0 Å². The highest BCUT2D eigenvalue weighted by molar-refractivity contribution is 5.54. The van der Waals surface area contributed by atoms with Crippen molar-refractivity contribution in [2.45, 2.75) is 19.9 Å². The van der Waals surface area contributed by atoms with E-state index in [0.29, 0.717) is 12.4 Å². The van der Waals surface area contributed by atoms with Crippen LogP contribution in [0.1, 0.15) is 17.0 Å². The zero-order valence-electron chi connectivity index (χ0n) is 14.9. The van der Waals surface area contributed by atoms with Gasteiger partial charge in [-0.15, -0.1) is 0 Å². The van der Waals surface area contributed by atoms with Gasteiger partial charge in [0.05, 0.1) is 20.8 Å². The molecule has 1 aliphatic rings. The number of methoxy groups -OCH3 is 2. The van der Waals surface area contributed by atoms with Crippen molar-refractivity contribution in [2.75, 3.05) is 44.1 Å². The Morgan fingerprint density at radius 3 is 2.52 bits per heavy atom. The highest BCUT2D eigenvalue weighted by Crippen LogP contribution is 2.34. The Balaban J connectivity index is 1.86. The summed E-state index contributed by atoms with van der Waals surface area (Å²) < 4.78 is 10.8. The first-order valence-electron chi connectivity index (χ1n) is 8.33. The second-order valence-corrected chi connectivity index (χ2v) is 5.96. The molecule has 0 spiro atoms. The molecule has 2 heterocycles. The van der Waals surface area contributed by atoms with Crippen molar-refractivity contribution in [1.82, 2.24) is 9.97 Å². The maximum Gasteiger partial charge on any atom is 0.161 e. The molecule has 0 saturated carbocycles. The summed E-state index contributed by atoms with van der Waals surface area (Å²) >= 11 is 0. The molecule has 0 atom stereocenters. The van der Waals surface area contributed by atoms with Crippen molar-refractivity contribution in [3.63, 3.8) is 0 Å². The Bertz CT molecular complexity index is 751. The van der Waals surface area contributed by atoms with Gasteiger partial charge in [-0.25, -0.2) is 9.97 Å². The Morgan fingerprint density at radius 2 is 1.84 bits per heavy atom. The van der Waals surface area contributed by atoms with Crippen LogP contribution in [-0.2, 0) is 13.0 Å². The standard InChI is InChI=1S/C18H24N4O3/c1-12-20-17(19-5-7-23)10-18(21-12)22-6-4-13-8-15(24-2)16(25-3)9-14(13)11-22/h8-10,23H,4-7,11H2,1-3H3,(H,19,20,21). The summed E-state index contributed by atoms with van der Waals surface area (Å²) in [4.78, 5) is 11.2. The number of hydrogen-bond donors (Lipinski definition) is 2. The van der Waals surface area contributed by atoms with Crippen molar-refractivity contribution in [2.24, 2.45) is 0 Å². The molecule has 25 heavy (non-hydrogen) atoms. The first-order chi connectivity index (χ1) is 12.1. The average Bonchev–Trinajstić information content (AvgIpc) is 2.64. The molecule has 0 radical (unpaired) electrons. The molecule has 134 valence electrons. The normalized spacial score (nSPS) is 13.4. The molecule has 2 N–H and O–H groups in total. The van der Waals surface area contributed by atoms with Crippen LogP contribution >= 0.6 is 0 Å². The maximum atomic E-state index is 8.98. The lowest BCUT2D eigenvalue weighted by Crippen LogP contribution is -2.31. The van der Waals surface area contributed by atoms with Crippen molar-refractivity contribution >= 4 is 11.6 Å². The highest BCUT2D eigenvalue weighted by Gasteiger charge is 2.21. The topological polar surface area (TPSA) is 79.7 Å². The fraction of sp³-hybridized carbons (Fsp3) is 0.444. The monoisotopic (exact) mass is 344 g/mol. The zero-order valence-corrected chi connectivity index (χ0v) is 14.9. The van der Waals surface area contributed by atoms with E-state index in [1.165, 1.54) is 11.1 Å². The van der Waals surface area contributed by atoms with Crippen LogP contribution in [0.3, 0.4) is 0 Å². The quantitative estimate of drug-likeness (QED) is 0.827. The van der Waals surface area contributed by atoms with Gasteiger partial charge in [-0.3, -0.25) is 0 Å². The van der Waals surface area contributed by atoms with Crippen LogP contribution in [-0.4, -0.2) is 49.0 Å². The van der Waals surface area contributed by atoms with E-state index in [1.54, 1.807) is 14.2 Å². The largest absolute Gasteiger partial charge is 0.493 e. The Labute approximate surface area is 147 Å². The third-order valence-electron chi connectivity index (χ3n) is 4.28. The molecule has 2 aromatic rings. The van der Waals surface area contributed by atoms with Gasteiger partial charge >= 0.3 is 0 Å². The molecule has 7 nitrogen and oxygen atoms in total. The average molecular weight is 344 g/mol. The zero-order chi connectivity index (χ0) is 17.8. The molecule has 1 aromatic heterocycles. The Morgan fingerprint density at radius 1 is 1.12 bits per heavy atom. The van der Waals surface area contributed by atoms with Crippen LogP contribution in [0.2, 0.25) is 0 Å². The van der Waals surface area contributed by atoms with Crippen molar-refractivity contribution in [1.29, 1.82) is 0 Å². The molecule has 1 aliphatic heterocycles. The van der Waals surface area contributed by atoms with E-state index in [-0.39, 0.29) is 6.61 Å². The number of fused-ring (bicyclic) bond motifs is 1. The fourth-order valence-corrected chi connectivity index (χ4v) is 3.07. The maximum absolute atomic E-state index is 8.98. The van der Waals surface area contributed by atoms with Gasteiger partial charge in [-0.2, -0.15) is 0 Å². The van der Waals surface area contributed by atoms with Crippen LogP contribution < -0.4 is 19.7 Å². The molecule has 0 unspecified atom stereocenters. The number of ether oxygens (including phenoxy) is 2. The van der Waals surface area contributed by atoms with Crippen LogP contribution in [0.4, 0.5) is 11.6 Å². The van der Waals surface area contributed by atoms with Crippen molar-refractivity contribution < 1.29 is 14.6 Å². The molecular weight excluding hydrogens is 320 g/mol. The number of aliphatic hydroxyl groups is 1. The molecule has 0 aliphatic carbocycles. The minimum atomic E-state index is 0.0666. The van der Waals surface area contributed by atoms with E-state index in [4.69, 9.17) is 14.6 Å². The summed E-state index contributed by atoms with van der Waals surface area (Å²) in [7, 11) is 3.31. The number of hydrogen-bond acceptors (Lipinski definition) is 7. The van der Waals surface area contributed by atoms with Gasteiger partial charge in [0.25, 0.3) is 0 Å². The number of nitrogens with one attached hydrogen (secondary N) is 1. The Kier molecular flexibility index (Phi) is 5.23. The van der Waals surface area contributed by atoms with E-state index in [1.807, 2.05) is 19.1 Å². The number of rotatable bonds is 6. The SMILES string of the molecule is COc1cc2c(cc1OC)CN(c1cc(NCCO)nc(C)n1)CC2. The second kappa shape index (κ2) is 7.57. The van der Waals surface area contributed by atoms with Gasteiger partial charge in [0.2, 0.25) is 0 Å². The van der Waals surface area contributed by atoms with Crippen molar-refractivity contribution in [3.8, 4) is 11.5 Å². The number of aryl methyl sites for hydroxylation is 1. The lowest BCUT2D eigenvalue weighted by Gasteiger charge is -2.30. The molecule has 1 aromatic carbocycles. The van der Waals surface area contributed by atoms with Crippen LogP contribution in [0, 0.1) is 6.92 Å². The lowest BCUT2D eigenvalue weighted by molar-refractivity contribution is 0.311. The summed E-state index contributed by atoms with van der Waals surface area (Å²) in [5.74, 6) is 3.83. The number of aromatic nitrogens is 2. The first kappa shape index (κ1) is 17.3. The molecule has 0 bridgehead atoms. The van der Waals surface area contributed by atoms with Crippen LogP contribution in [0.15, 0.2) is 18.2 Å². The van der Waals surface area contributed by atoms with Gasteiger partial charge in [0.1, 0.15) is 17.5 Å². The van der Waals surface area contributed by atoms with Gasteiger partial charge in [-0.05, 0) is 36.6 Å². The van der Waals surface area contributed by atoms with Crippen LogP contribution in [0.5, 0.6) is 11.5 Å². The summed E-state index contributed by atoms with van der Waals surface area (Å²) in [6.45, 7) is 4.04. The van der Waals surface area contributed by atoms with E-state index < -0.39 is 0 Å². The molecule has 0 amide bonds. The van der Waals surface area contributed by atoms with Gasteiger partial charge < -0.3 is 24.8 Å². The second-order valence-electron chi connectivity index (χ2n) is 5.96. The number of nitrogens with zero attached hydrogens (tertiary/aromatic N) is 3. The molecule has 3 rings (SSSR count). The number of aliphatic hydroxyl groups excluding tert-OH is 1. The molecule has 0 fully saturated rings. The predicted octanol–water partition coefficient (Wildman–Crippen LogP) is 1.77. The minimum absolute atomic E-state index is 0.0666. The third kappa shape index (κ3) is 3.76. The lowest BCUT2D eigenvalue weighted by atomic mass is 9.99. The highest BCUT2D eigenvalue weighted by atomic mass is 16.5. The molecule has 7 heteroatoms. The van der Waals surface area contributed by atoms with Gasteiger partial charge in [0.15, 0.2) is 11.5 Å². The fourth-order valence-electron chi connectivity index (χ4n) is 3.07. The van der Waals surface area contributed by atoms with Gasteiger partial charge in [-0.1, -0.05) is 0 Å². The number of benzene rings is 1. The minimum Gasteiger partial charge on any atom is -0.493 e. The van der Waals surface area contributed by atoms with E-state index in [0.717, 1.165) is 42.6 Å².